The number of hydrogen-bond donors (Lipinski definition) is 1. The van der Waals surface area contributed by atoms with Gasteiger partial charge in [0.25, 0.3) is 0 Å². The van der Waals surface area contributed by atoms with E-state index in [-0.39, 0.29) is 0 Å². The van der Waals surface area contributed by atoms with Gasteiger partial charge in [0.05, 0.1) is 5.39 Å². The summed E-state index contributed by atoms with van der Waals surface area (Å²) in [6.07, 6.45) is 1.13. The van der Waals surface area contributed by atoms with Crippen LogP contribution in [-0.4, -0.2) is 23.1 Å². The molecule has 0 aliphatic carbocycles. The van der Waals surface area contributed by atoms with Gasteiger partial charge in [0.15, 0.2) is 0 Å². The van der Waals surface area contributed by atoms with E-state index in [1.807, 2.05) is 5.38 Å². The summed E-state index contributed by atoms with van der Waals surface area (Å²) < 4.78 is 0. The molecule has 0 amide bonds. The molecule has 2 aromatic rings. The van der Waals surface area contributed by atoms with Gasteiger partial charge in [0.1, 0.15) is 10.6 Å². The summed E-state index contributed by atoms with van der Waals surface area (Å²) in [5, 5.41) is 3.12. The van der Waals surface area contributed by atoms with Crippen LogP contribution in [0.15, 0.2) is 11.4 Å². The van der Waals surface area contributed by atoms with Crippen molar-refractivity contribution in [2.24, 2.45) is 5.92 Å². The molecular weight excluding hydrogens is 244 g/mol. The van der Waals surface area contributed by atoms with Crippen molar-refractivity contribution in [3.8, 4) is 0 Å². The molecule has 2 N–H and O–H groups in total. The van der Waals surface area contributed by atoms with Crippen molar-refractivity contribution in [2.75, 3.05) is 17.7 Å². The molecule has 4 nitrogen and oxygen atoms in total. The highest BCUT2D eigenvalue weighted by Crippen LogP contribution is 2.29. The minimum Gasteiger partial charge on any atom is -0.368 e. The molecule has 5 heteroatoms. The second-order valence-corrected chi connectivity index (χ2v) is 6.03. The van der Waals surface area contributed by atoms with Crippen LogP contribution in [0.4, 0.5) is 11.8 Å². The minimum absolute atomic E-state index is 0.351. The first-order chi connectivity index (χ1) is 8.49. The summed E-state index contributed by atoms with van der Waals surface area (Å²) in [6, 6.07) is 2.50. The molecule has 0 aliphatic heterocycles. The first-order valence-corrected chi connectivity index (χ1v) is 7.10. The Balaban J connectivity index is 2.37. The first kappa shape index (κ1) is 13.1. The van der Waals surface area contributed by atoms with Gasteiger partial charge in [0.2, 0.25) is 5.95 Å². The first-order valence-electron chi connectivity index (χ1n) is 6.22. The third-order valence-corrected chi connectivity index (χ3v) is 3.94. The number of thiophene rings is 1. The molecule has 0 saturated heterocycles. The molecular formula is C13H20N4S. The third kappa shape index (κ3) is 2.56. The maximum absolute atomic E-state index is 5.78. The van der Waals surface area contributed by atoms with E-state index >= 15 is 0 Å². The van der Waals surface area contributed by atoms with Crippen LogP contribution in [0, 0.1) is 5.92 Å². The van der Waals surface area contributed by atoms with Crippen LogP contribution in [0.1, 0.15) is 27.2 Å². The highest BCUT2D eigenvalue weighted by Gasteiger charge is 2.17. The van der Waals surface area contributed by atoms with E-state index in [0.29, 0.717) is 17.9 Å². The predicted molar refractivity (Wildman–Crippen MR) is 79.1 cm³/mol. The van der Waals surface area contributed by atoms with Crippen LogP contribution in [0.2, 0.25) is 0 Å². The van der Waals surface area contributed by atoms with Crippen molar-refractivity contribution in [2.45, 2.75) is 33.2 Å². The van der Waals surface area contributed by atoms with E-state index in [2.05, 4.69) is 48.8 Å². The third-order valence-electron chi connectivity index (χ3n) is 3.13. The Morgan fingerprint density at radius 1 is 1.33 bits per heavy atom. The van der Waals surface area contributed by atoms with Crippen molar-refractivity contribution in [1.82, 2.24) is 9.97 Å². The standard InChI is InChI=1S/C13H20N4S/c1-8(2)7-9(3)17(4)11-10-5-6-18-12(10)16-13(14)15-11/h5-6,8-9H,7H2,1-4H3,(H2,14,15,16). The van der Waals surface area contributed by atoms with E-state index in [1.165, 1.54) is 0 Å². The highest BCUT2D eigenvalue weighted by atomic mass is 32.1. The van der Waals surface area contributed by atoms with Crippen LogP contribution in [0.5, 0.6) is 0 Å². The van der Waals surface area contributed by atoms with Gasteiger partial charge in [-0.1, -0.05) is 13.8 Å². The lowest BCUT2D eigenvalue weighted by atomic mass is 10.0. The smallest absolute Gasteiger partial charge is 0.223 e. The molecule has 0 radical (unpaired) electrons. The van der Waals surface area contributed by atoms with Crippen LogP contribution >= 0.6 is 11.3 Å². The number of aromatic nitrogens is 2. The molecule has 2 heterocycles. The van der Waals surface area contributed by atoms with Gasteiger partial charge in [0, 0.05) is 13.1 Å². The van der Waals surface area contributed by atoms with Gasteiger partial charge in [-0.2, -0.15) is 4.98 Å². The fourth-order valence-electron chi connectivity index (χ4n) is 2.17. The van der Waals surface area contributed by atoms with Crippen LogP contribution in [0.3, 0.4) is 0 Å². The maximum atomic E-state index is 5.78. The van der Waals surface area contributed by atoms with Gasteiger partial charge >= 0.3 is 0 Å². The number of nitrogen functional groups attached to an aromatic ring is 1. The molecule has 0 aromatic carbocycles. The maximum Gasteiger partial charge on any atom is 0.223 e. The number of fused-ring (bicyclic) bond motifs is 1. The van der Waals surface area contributed by atoms with E-state index in [0.717, 1.165) is 22.5 Å². The average Bonchev–Trinajstić information content (AvgIpc) is 2.73. The second-order valence-electron chi connectivity index (χ2n) is 5.13. The van der Waals surface area contributed by atoms with Crippen LogP contribution < -0.4 is 10.6 Å². The van der Waals surface area contributed by atoms with E-state index in [9.17, 15) is 0 Å². The summed E-state index contributed by atoms with van der Waals surface area (Å²) in [5.74, 6) is 1.95. The SMILES string of the molecule is CC(C)CC(C)N(C)c1nc(N)nc2sccc12. The van der Waals surface area contributed by atoms with Gasteiger partial charge < -0.3 is 10.6 Å². The van der Waals surface area contributed by atoms with E-state index < -0.39 is 0 Å². The molecule has 0 bridgehead atoms. The minimum atomic E-state index is 0.351. The molecule has 1 atom stereocenters. The van der Waals surface area contributed by atoms with Gasteiger partial charge in [-0.3, -0.25) is 0 Å². The summed E-state index contributed by atoms with van der Waals surface area (Å²) in [7, 11) is 2.08. The fraction of sp³-hybridized carbons (Fsp3) is 0.538. The molecule has 98 valence electrons. The molecule has 0 saturated carbocycles. The molecule has 1 unspecified atom stereocenters. The molecule has 0 aliphatic rings. The molecule has 2 rings (SSSR count). The monoisotopic (exact) mass is 264 g/mol. The number of nitrogens with two attached hydrogens (primary N) is 1. The zero-order chi connectivity index (χ0) is 13.3. The van der Waals surface area contributed by atoms with Gasteiger partial charge in [-0.15, -0.1) is 11.3 Å². The van der Waals surface area contributed by atoms with Gasteiger partial charge in [-0.25, -0.2) is 4.98 Å². The fourth-order valence-corrected chi connectivity index (χ4v) is 2.94. The zero-order valence-corrected chi connectivity index (χ0v) is 12.2. The zero-order valence-electron chi connectivity index (χ0n) is 11.3. The lowest BCUT2D eigenvalue weighted by molar-refractivity contribution is 0.503. The van der Waals surface area contributed by atoms with Crippen LogP contribution in [0.25, 0.3) is 10.2 Å². The lowest BCUT2D eigenvalue weighted by Gasteiger charge is -2.27. The lowest BCUT2D eigenvalue weighted by Crippen LogP contribution is -2.31. The van der Waals surface area contributed by atoms with Crippen molar-refractivity contribution < 1.29 is 0 Å². The number of rotatable bonds is 4. The summed E-state index contributed by atoms with van der Waals surface area (Å²) in [6.45, 7) is 6.69. The Kier molecular flexibility index (Phi) is 3.71. The molecule has 0 fully saturated rings. The second kappa shape index (κ2) is 5.10. The largest absolute Gasteiger partial charge is 0.368 e. The number of anilines is 2. The van der Waals surface area contributed by atoms with Crippen molar-refractivity contribution in [3.05, 3.63) is 11.4 Å². The Morgan fingerprint density at radius 2 is 2.06 bits per heavy atom. The Hall–Kier alpha value is -1.36. The topological polar surface area (TPSA) is 55.0 Å². The normalized spacial score (nSPS) is 13.2. The summed E-state index contributed by atoms with van der Waals surface area (Å²) >= 11 is 1.60. The average molecular weight is 264 g/mol. The van der Waals surface area contributed by atoms with Crippen LogP contribution in [-0.2, 0) is 0 Å². The Bertz CT molecular complexity index is 535. The van der Waals surface area contributed by atoms with Crippen molar-refractivity contribution in [3.63, 3.8) is 0 Å². The molecule has 0 spiro atoms. The quantitative estimate of drug-likeness (QED) is 0.921. The predicted octanol–water partition coefficient (Wildman–Crippen LogP) is 3.14. The van der Waals surface area contributed by atoms with E-state index in [4.69, 9.17) is 5.73 Å². The number of hydrogen-bond acceptors (Lipinski definition) is 5. The summed E-state index contributed by atoms with van der Waals surface area (Å²) in [4.78, 5) is 11.8. The molecule has 2 aromatic heterocycles. The van der Waals surface area contributed by atoms with Gasteiger partial charge in [-0.05, 0) is 30.7 Å². The van der Waals surface area contributed by atoms with Crippen molar-refractivity contribution in [1.29, 1.82) is 0 Å². The highest BCUT2D eigenvalue weighted by molar-refractivity contribution is 7.16. The molecule has 18 heavy (non-hydrogen) atoms. The Morgan fingerprint density at radius 3 is 2.72 bits per heavy atom. The Labute approximate surface area is 112 Å². The van der Waals surface area contributed by atoms with Crippen molar-refractivity contribution >= 4 is 33.3 Å². The summed E-state index contributed by atoms with van der Waals surface area (Å²) in [5.41, 5.74) is 5.78. The van der Waals surface area contributed by atoms with E-state index in [1.54, 1.807) is 11.3 Å². The number of nitrogens with zero attached hydrogens (tertiary/aromatic N) is 3.